The Balaban J connectivity index is 1.60. The van der Waals surface area contributed by atoms with Crippen LogP contribution in [0.15, 0.2) is 72.8 Å². The van der Waals surface area contributed by atoms with Crippen molar-refractivity contribution in [1.29, 1.82) is 0 Å². The second kappa shape index (κ2) is 10.3. The van der Waals surface area contributed by atoms with Gasteiger partial charge in [-0.25, -0.2) is 4.79 Å². The minimum atomic E-state index is -0.533. The Morgan fingerprint density at radius 3 is 2.43 bits per heavy atom. The summed E-state index contributed by atoms with van der Waals surface area (Å²) in [6, 6.07) is 20.8. The van der Waals surface area contributed by atoms with Gasteiger partial charge in [-0.15, -0.1) is 0 Å². The van der Waals surface area contributed by atoms with E-state index in [-0.39, 0.29) is 24.5 Å². The molecule has 0 unspecified atom stereocenters. The summed E-state index contributed by atoms with van der Waals surface area (Å²) in [7, 11) is 1.48. The fourth-order valence-corrected chi connectivity index (χ4v) is 2.82. The third kappa shape index (κ3) is 5.75. The molecule has 6 nitrogen and oxygen atoms in total. The number of rotatable bonds is 8. The van der Waals surface area contributed by atoms with Gasteiger partial charge in [-0.1, -0.05) is 54.1 Å². The van der Waals surface area contributed by atoms with Crippen LogP contribution in [0.3, 0.4) is 0 Å². The fraction of sp³-hybridized carbons (Fsp3) is 0.130. The largest absolute Gasteiger partial charge is 0.495 e. The van der Waals surface area contributed by atoms with Crippen LogP contribution in [0.5, 0.6) is 11.5 Å². The molecule has 7 heteroatoms. The Hall–Kier alpha value is -3.51. The number of carbonyl (C=O) groups excluding carboxylic acids is 2. The zero-order valence-electron chi connectivity index (χ0n) is 16.3. The predicted octanol–water partition coefficient (Wildman–Crippen LogP) is 4.72. The Morgan fingerprint density at radius 1 is 0.933 bits per heavy atom. The highest BCUT2D eigenvalue weighted by molar-refractivity contribution is 6.30. The van der Waals surface area contributed by atoms with Gasteiger partial charge in [0.1, 0.15) is 23.7 Å². The second-order valence-corrected chi connectivity index (χ2v) is 6.68. The van der Waals surface area contributed by atoms with Crippen LogP contribution in [-0.4, -0.2) is 25.6 Å². The maximum atomic E-state index is 12.5. The Kier molecular flexibility index (Phi) is 7.29. The van der Waals surface area contributed by atoms with Crippen LogP contribution in [0.4, 0.5) is 5.69 Å². The summed E-state index contributed by atoms with van der Waals surface area (Å²) in [5.74, 6) is -0.258. The van der Waals surface area contributed by atoms with Crippen LogP contribution >= 0.6 is 11.6 Å². The SMILES string of the molecule is COc1cc(Cl)ccc1NC(=O)COc1ccccc1C(=O)OCc1ccccc1. The quantitative estimate of drug-likeness (QED) is 0.528. The summed E-state index contributed by atoms with van der Waals surface area (Å²) >= 11 is 5.92. The van der Waals surface area contributed by atoms with Crippen LogP contribution in [0.1, 0.15) is 15.9 Å². The van der Waals surface area contributed by atoms with Gasteiger partial charge in [0.2, 0.25) is 0 Å². The lowest BCUT2D eigenvalue weighted by molar-refractivity contribution is -0.118. The maximum absolute atomic E-state index is 12.5. The summed E-state index contributed by atoms with van der Waals surface area (Å²) in [5, 5.41) is 3.18. The van der Waals surface area contributed by atoms with Gasteiger partial charge in [0.15, 0.2) is 6.61 Å². The van der Waals surface area contributed by atoms with Gasteiger partial charge in [0.05, 0.1) is 12.8 Å². The molecule has 0 aromatic heterocycles. The van der Waals surface area contributed by atoms with E-state index >= 15 is 0 Å². The molecule has 154 valence electrons. The molecular weight excluding hydrogens is 406 g/mol. The van der Waals surface area contributed by atoms with E-state index in [9.17, 15) is 9.59 Å². The van der Waals surface area contributed by atoms with Crippen LogP contribution in [0.2, 0.25) is 5.02 Å². The third-order valence-electron chi connectivity index (χ3n) is 4.12. The van der Waals surface area contributed by atoms with Crippen molar-refractivity contribution in [2.75, 3.05) is 19.0 Å². The first-order valence-electron chi connectivity index (χ1n) is 9.13. The molecule has 0 saturated carbocycles. The zero-order chi connectivity index (χ0) is 21.3. The van der Waals surface area contributed by atoms with Crippen molar-refractivity contribution in [2.24, 2.45) is 0 Å². The number of anilines is 1. The molecule has 0 bridgehead atoms. The van der Waals surface area contributed by atoms with Gasteiger partial charge in [-0.05, 0) is 29.8 Å². The van der Waals surface area contributed by atoms with Crippen LogP contribution in [0.25, 0.3) is 0 Å². The second-order valence-electron chi connectivity index (χ2n) is 6.24. The van der Waals surface area contributed by atoms with E-state index in [0.717, 1.165) is 5.56 Å². The summed E-state index contributed by atoms with van der Waals surface area (Å²) in [5.41, 5.74) is 1.58. The van der Waals surface area contributed by atoms with Crippen molar-refractivity contribution in [2.45, 2.75) is 6.61 Å². The van der Waals surface area contributed by atoms with Gasteiger partial charge >= 0.3 is 5.97 Å². The Labute approximate surface area is 179 Å². The molecule has 30 heavy (non-hydrogen) atoms. The van der Waals surface area contributed by atoms with Crippen LogP contribution < -0.4 is 14.8 Å². The molecule has 0 radical (unpaired) electrons. The van der Waals surface area contributed by atoms with Crippen molar-refractivity contribution in [1.82, 2.24) is 0 Å². The molecule has 3 rings (SSSR count). The summed E-state index contributed by atoms with van der Waals surface area (Å²) in [6.45, 7) is -0.153. The first-order chi connectivity index (χ1) is 14.6. The molecule has 0 saturated heterocycles. The molecule has 0 aliphatic heterocycles. The minimum absolute atomic E-state index is 0.144. The number of methoxy groups -OCH3 is 1. The Bertz CT molecular complexity index is 1020. The van der Waals surface area contributed by atoms with Gasteiger partial charge in [0.25, 0.3) is 5.91 Å². The van der Waals surface area contributed by atoms with Crippen LogP contribution in [0, 0.1) is 0 Å². The van der Waals surface area contributed by atoms with Crippen molar-refractivity contribution < 1.29 is 23.8 Å². The third-order valence-corrected chi connectivity index (χ3v) is 4.35. The summed E-state index contributed by atoms with van der Waals surface area (Å²) < 4.78 is 16.1. The number of halogens is 1. The normalized spacial score (nSPS) is 10.2. The monoisotopic (exact) mass is 425 g/mol. The molecule has 0 atom stereocenters. The number of para-hydroxylation sites is 1. The number of carbonyl (C=O) groups is 2. The van der Waals surface area contributed by atoms with Crippen molar-refractivity contribution in [3.63, 3.8) is 0 Å². The molecule has 0 spiro atoms. The average Bonchev–Trinajstić information content (AvgIpc) is 2.78. The summed E-state index contributed by atoms with van der Waals surface area (Å²) in [4.78, 5) is 24.7. The standard InChI is InChI=1S/C23H20ClNO5/c1-28-21-13-17(24)11-12-19(21)25-22(26)15-29-20-10-6-5-9-18(20)23(27)30-14-16-7-3-2-4-8-16/h2-13H,14-15H2,1H3,(H,25,26). The zero-order valence-corrected chi connectivity index (χ0v) is 17.0. The van der Waals surface area contributed by atoms with Gasteiger partial charge in [0, 0.05) is 11.1 Å². The predicted molar refractivity (Wildman–Crippen MR) is 114 cm³/mol. The van der Waals surface area contributed by atoms with Gasteiger partial charge in [-0.3, -0.25) is 4.79 Å². The molecule has 0 aliphatic rings. The number of ether oxygens (including phenoxy) is 3. The number of nitrogens with one attached hydrogen (secondary N) is 1. The molecular formula is C23H20ClNO5. The Morgan fingerprint density at radius 2 is 1.67 bits per heavy atom. The van der Waals surface area contributed by atoms with Gasteiger partial charge in [-0.2, -0.15) is 0 Å². The number of hydrogen-bond donors (Lipinski definition) is 1. The molecule has 1 amide bonds. The van der Waals surface area contributed by atoms with Crippen molar-refractivity contribution in [3.8, 4) is 11.5 Å². The van der Waals surface area contributed by atoms with Crippen molar-refractivity contribution >= 4 is 29.2 Å². The molecule has 1 N–H and O–H groups in total. The van der Waals surface area contributed by atoms with E-state index in [1.165, 1.54) is 7.11 Å². The number of hydrogen-bond acceptors (Lipinski definition) is 5. The number of esters is 1. The first-order valence-corrected chi connectivity index (χ1v) is 9.51. The first kappa shape index (κ1) is 21.2. The molecule has 3 aromatic rings. The molecule has 0 heterocycles. The highest BCUT2D eigenvalue weighted by Crippen LogP contribution is 2.27. The van der Waals surface area contributed by atoms with E-state index in [0.29, 0.717) is 16.5 Å². The fourth-order valence-electron chi connectivity index (χ4n) is 2.66. The molecule has 0 fully saturated rings. The lowest BCUT2D eigenvalue weighted by Gasteiger charge is -2.13. The van der Waals surface area contributed by atoms with E-state index in [1.54, 1.807) is 42.5 Å². The van der Waals surface area contributed by atoms with Crippen LogP contribution in [-0.2, 0) is 16.1 Å². The van der Waals surface area contributed by atoms with E-state index in [2.05, 4.69) is 5.32 Å². The van der Waals surface area contributed by atoms with E-state index in [4.69, 9.17) is 25.8 Å². The molecule has 3 aromatic carbocycles. The molecule has 0 aliphatic carbocycles. The summed E-state index contributed by atoms with van der Waals surface area (Å²) in [6.07, 6.45) is 0. The lowest BCUT2D eigenvalue weighted by atomic mass is 10.2. The van der Waals surface area contributed by atoms with E-state index in [1.807, 2.05) is 30.3 Å². The smallest absolute Gasteiger partial charge is 0.342 e. The van der Waals surface area contributed by atoms with Gasteiger partial charge < -0.3 is 19.5 Å². The lowest BCUT2D eigenvalue weighted by Crippen LogP contribution is -2.21. The number of amides is 1. The average molecular weight is 426 g/mol. The highest BCUT2D eigenvalue weighted by atomic mass is 35.5. The van der Waals surface area contributed by atoms with E-state index < -0.39 is 11.9 Å². The minimum Gasteiger partial charge on any atom is -0.495 e. The maximum Gasteiger partial charge on any atom is 0.342 e. The topological polar surface area (TPSA) is 73.9 Å². The van der Waals surface area contributed by atoms with Crippen molar-refractivity contribution in [3.05, 3.63) is 88.9 Å². The number of benzene rings is 3. The highest BCUT2D eigenvalue weighted by Gasteiger charge is 2.15.